The van der Waals surface area contributed by atoms with E-state index in [4.69, 9.17) is 16.3 Å². The second-order valence-electron chi connectivity index (χ2n) is 4.32. The molecule has 1 heterocycles. The number of benzene rings is 1. The molecule has 7 heteroatoms. The monoisotopic (exact) mass is 284 g/mol. The van der Waals surface area contributed by atoms with Gasteiger partial charge < -0.3 is 9.64 Å². The normalized spacial score (nSPS) is 18.4. The van der Waals surface area contributed by atoms with E-state index in [1.54, 1.807) is 17.0 Å². The number of nitrogens with zero attached hydrogens (tertiary/aromatic N) is 2. The summed E-state index contributed by atoms with van der Waals surface area (Å²) in [5, 5.41) is 11.2. The van der Waals surface area contributed by atoms with Gasteiger partial charge in [0.25, 0.3) is 0 Å². The molecule has 1 aromatic carbocycles. The summed E-state index contributed by atoms with van der Waals surface area (Å²) in [6.45, 7) is 0.981. The van der Waals surface area contributed by atoms with Gasteiger partial charge in [-0.2, -0.15) is 0 Å². The molecule has 1 saturated heterocycles. The van der Waals surface area contributed by atoms with Crippen molar-refractivity contribution >= 4 is 28.9 Å². The van der Waals surface area contributed by atoms with Crippen LogP contribution in [0.2, 0.25) is 5.02 Å². The van der Waals surface area contributed by atoms with E-state index in [9.17, 15) is 14.9 Å². The number of ether oxygens (including phenoxy) is 1. The second-order valence-corrected chi connectivity index (χ2v) is 4.73. The van der Waals surface area contributed by atoms with E-state index < -0.39 is 4.92 Å². The zero-order valence-corrected chi connectivity index (χ0v) is 11.1. The zero-order chi connectivity index (χ0) is 14.0. The summed E-state index contributed by atoms with van der Waals surface area (Å²) in [4.78, 5) is 23.8. The summed E-state index contributed by atoms with van der Waals surface area (Å²) >= 11 is 5.87. The van der Waals surface area contributed by atoms with Crippen LogP contribution in [0.3, 0.4) is 0 Å². The first-order valence-electron chi connectivity index (χ1n) is 5.80. The Labute approximate surface area is 115 Å². The Morgan fingerprint density at radius 1 is 1.58 bits per heavy atom. The maximum atomic E-state index is 11.5. The van der Waals surface area contributed by atoms with E-state index in [2.05, 4.69) is 0 Å². The molecule has 0 N–H and O–H groups in total. The van der Waals surface area contributed by atoms with Crippen LogP contribution in [0.15, 0.2) is 18.2 Å². The highest BCUT2D eigenvalue weighted by atomic mass is 35.5. The van der Waals surface area contributed by atoms with Gasteiger partial charge >= 0.3 is 11.7 Å². The van der Waals surface area contributed by atoms with Crippen LogP contribution in [-0.4, -0.2) is 31.1 Å². The average molecular weight is 285 g/mol. The molecule has 1 fully saturated rings. The van der Waals surface area contributed by atoms with Crippen molar-refractivity contribution in [1.29, 1.82) is 0 Å². The summed E-state index contributed by atoms with van der Waals surface area (Å²) in [6.07, 6.45) is 0.621. The predicted molar refractivity (Wildman–Crippen MR) is 70.4 cm³/mol. The SMILES string of the molecule is COC(=O)C1CCN(c2cccc(Cl)c2[N+](=O)[O-])C1. The number of halogens is 1. The van der Waals surface area contributed by atoms with Crippen LogP contribution in [0.5, 0.6) is 0 Å². The van der Waals surface area contributed by atoms with Crippen molar-refractivity contribution in [1.82, 2.24) is 0 Å². The molecule has 1 atom stereocenters. The minimum atomic E-state index is -0.497. The maximum Gasteiger partial charge on any atom is 0.310 e. The Morgan fingerprint density at radius 2 is 2.32 bits per heavy atom. The van der Waals surface area contributed by atoms with Crippen LogP contribution >= 0.6 is 11.6 Å². The van der Waals surface area contributed by atoms with Crippen molar-refractivity contribution in [3.63, 3.8) is 0 Å². The van der Waals surface area contributed by atoms with Crippen LogP contribution in [0.1, 0.15) is 6.42 Å². The highest BCUT2D eigenvalue weighted by molar-refractivity contribution is 6.33. The van der Waals surface area contributed by atoms with Gasteiger partial charge in [0.1, 0.15) is 10.7 Å². The van der Waals surface area contributed by atoms with Gasteiger partial charge in [-0.1, -0.05) is 17.7 Å². The molecule has 0 aliphatic carbocycles. The number of para-hydroxylation sites is 1. The summed E-state index contributed by atoms with van der Waals surface area (Å²) in [6, 6.07) is 4.79. The van der Waals surface area contributed by atoms with Crippen molar-refractivity contribution in [3.05, 3.63) is 33.3 Å². The largest absolute Gasteiger partial charge is 0.469 e. The Hall–Kier alpha value is -1.82. The molecular weight excluding hydrogens is 272 g/mol. The zero-order valence-electron chi connectivity index (χ0n) is 10.3. The number of carbonyl (C=O) groups is 1. The van der Waals surface area contributed by atoms with Crippen molar-refractivity contribution in [3.8, 4) is 0 Å². The summed E-state index contributed by atoms with van der Waals surface area (Å²) in [7, 11) is 1.34. The molecule has 6 nitrogen and oxygen atoms in total. The minimum absolute atomic E-state index is 0.101. The average Bonchev–Trinajstić information content (AvgIpc) is 2.86. The van der Waals surface area contributed by atoms with Gasteiger partial charge in [-0.15, -0.1) is 0 Å². The Kier molecular flexibility index (Phi) is 3.90. The number of nitro groups is 1. The van der Waals surface area contributed by atoms with Gasteiger partial charge in [0.2, 0.25) is 0 Å². The molecule has 102 valence electrons. The molecule has 0 spiro atoms. The number of carbonyl (C=O) groups excluding carboxylic acids is 1. The third-order valence-corrected chi connectivity index (χ3v) is 3.52. The predicted octanol–water partition coefficient (Wildman–Crippen LogP) is 2.25. The highest BCUT2D eigenvalue weighted by Crippen LogP contribution is 2.37. The molecule has 1 aliphatic rings. The number of methoxy groups -OCH3 is 1. The van der Waals surface area contributed by atoms with Crippen molar-refractivity contribution < 1.29 is 14.5 Å². The molecule has 1 aromatic rings. The lowest BCUT2D eigenvalue weighted by atomic mass is 10.1. The van der Waals surface area contributed by atoms with Crippen LogP contribution in [0.4, 0.5) is 11.4 Å². The van der Waals surface area contributed by atoms with Gasteiger partial charge in [0, 0.05) is 13.1 Å². The summed E-state index contributed by atoms with van der Waals surface area (Å²) in [5.41, 5.74) is 0.332. The van der Waals surface area contributed by atoms with Crippen LogP contribution in [0, 0.1) is 16.0 Å². The first-order valence-corrected chi connectivity index (χ1v) is 6.18. The van der Waals surface area contributed by atoms with Crippen LogP contribution < -0.4 is 4.90 Å². The molecule has 0 bridgehead atoms. The molecule has 2 rings (SSSR count). The number of hydrogen-bond acceptors (Lipinski definition) is 5. The Bertz CT molecular complexity index is 520. The second kappa shape index (κ2) is 5.44. The van der Waals surface area contributed by atoms with E-state index in [1.807, 2.05) is 0 Å². The number of anilines is 1. The van der Waals surface area contributed by atoms with E-state index in [0.717, 1.165) is 0 Å². The van der Waals surface area contributed by atoms with Gasteiger partial charge in [-0.05, 0) is 18.6 Å². The summed E-state index contributed by atoms with van der Waals surface area (Å²) in [5.74, 6) is -0.532. The number of nitro benzene ring substituents is 1. The van der Waals surface area contributed by atoms with Crippen LogP contribution in [-0.2, 0) is 9.53 Å². The molecule has 0 radical (unpaired) electrons. The Morgan fingerprint density at radius 3 is 2.95 bits per heavy atom. The third kappa shape index (κ3) is 2.63. The van der Waals surface area contributed by atoms with E-state index in [0.29, 0.717) is 25.2 Å². The van der Waals surface area contributed by atoms with Gasteiger partial charge in [0.15, 0.2) is 0 Å². The van der Waals surface area contributed by atoms with Gasteiger partial charge in [0.05, 0.1) is 18.0 Å². The van der Waals surface area contributed by atoms with E-state index in [1.165, 1.54) is 13.2 Å². The lowest BCUT2D eigenvalue weighted by Gasteiger charge is -2.18. The molecule has 0 amide bonds. The standard InChI is InChI=1S/C12H13ClN2O4/c1-19-12(16)8-5-6-14(7-8)10-4-2-3-9(13)11(10)15(17)18/h2-4,8H,5-7H2,1H3. The molecule has 1 unspecified atom stereocenters. The molecule has 1 aliphatic heterocycles. The van der Waals surface area contributed by atoms with Gasteiger partial charge in [-0.3, -0.25) is 14.9 Å². The number of rotatable bonds is 3. The molecule has 19 heavy (non-hydrogen) atoms. The van der Waals surface area contributed by atoms with Crippen molar-refractivity contribution in [2.45, 2.75) is 6.42 Å². The number of hydrogen-bond donors (Lipinski definition) is 0. The fraction of sp³-hybridized carbons (Fsp3) is 0.417. The minimum Gasteiger partial charge on any atom is -0.469 e. The smallest absolute Gasteiger partial charge is 0.310 e. The molecular formula is C12H13ClN2O4. The molecule has 0 aromatic heterocycles. The fourth-order valence-corrected chi connectivity index (χ4v) is 2.52. The Balaban J connectivity index is 2.27. The number of esters is 1. The van der Waals surface area contributed by atoms with E-state index in [-0.39, 0.29) is 22.6 Å². The lowest BCUT2D eigenvalue weighted by molar-refractivity contribution is -0.384. The van der Waals surface area contributed by atoms with Gasteiger partial charge in [-0.25, -0.2) is 0 Å². The first kappa shape index (κ1) is 13.6. The molecule has 0 saturated carbocycles. The fourth-order valence-electron chi connectivity index (χ4n) is 2.28. The summed E-state index contributed by atoms with van der Waals surface area (Å²) < 4.78 is 4.69. The van der Waals surface area contributed by atoms with Crippen molar-refractivity contribution in [2.75, 3.05) is 25.1 Å². The topological polar surface area (TPSA) is 72.7 Å². The maximum absolute atomic E-state index is 11.5. The van der Waals surface area contributed by atoms with Crippen LogP contribution in [0.25, 0.3) is 0 Å². The highest BCUT2D eigenvalue weighted by Gasteiger charge is 2.32. The lowest BCUT2D eigenvalue weighted by Crippen LogP contribution is -2.24. The van der Waals surface area contributed by atoms with Crippen molar-refractivity contribution in [2.24, 2.45) is 5.92 Å². The quantitative estimate of drug-likeness (QED) is 0.483. The first-order chi connectivity index (χ1) is 9.04. The van der Waals surface area contributed by atoms with E-state index >= 15 is 0 Å². The third-order valence-electron chi connectivity index (χ3n) is 3.21.